The average Bonchev–Trinajstić information content (AvgIpc) is 2.48. The van der Waals surface area contributed by atoms with E-state index in [1.807, 2.05) is 30.3 Å². The lowest BCUT2D eigenvalue weighted by Gasteiger charge is -2.32. The van der Waals surface area contributed by atoms with E-state index in [1.165, 1.54) is 26.2 Å². The number of ketones is 1. The van der Waals surface area contributed by atoms with Crippen molar-refractivity contribution in [2.45, 2.75) is 19.1 Å². The molecule has 0 aromatic heterocycles. The number of amides is 1. The van der Waals surface area contributed by atoms with Crippen LogP contribution < -0.4 is 10.7 Å². The number of hydrazone groups is 1. The van der Waals surface area contributed by atoms with E-state index in [2.05, 4.69) is 15.8 Å². The lowest BCUT2D eigenvalue weighted by Crippen LogP contribution is -2.51. The molecule has 2 rings (SSSR count). The SMILES string of the molecule is COC1(NC(C)=O)C=CC(=O)/C(=N\Nc2ccccc2)C1. The number of para-hydroxylation sites is 1. The summed E-state index contributed by atoms with van der Waals surface area (Å²) in [6, 6.07) is 9.29. The number of rotatable bonds is 4. The van der Waals surface area contributed by atoms with Gasteiger partial charge in [-0.15, -0.1) is 0 Å². The Hall–Kier alpha value is -2.47. The number of hydrogen-bond donors (Lipinski definition) is 2. The van der Waals surface area contributed by atoms with E-state index < -0.39 is 5.72 Å². The van der Waals surface area contributed by atoms with E-state index in [4.69, 9.17) is 4.74 Å². The highest BCUT2D eigenvalue weighted by Crippen LogP contribution is 2.20. The molecule has 1 atom stereocenters. The van der Waals surface area contributed by atoms with Gasteiger partial charge < -0.3 is 10.1 Å². The molecular formula is C15H17N3O3. The summed E-state index contributed by atoms with van der Waals surface area (Å²) >= 11 is 0. The van der Waals surface area contributed by atoms with Crippen molar-refractivity contribution < 1.29 is 14.3 Å². The number of ether oxygens (including phenoxy) is 1. The predicted octanol–water partition coefficient (Wildman–Crippen LogP) is 1.46. The molecule has 0 fully saturated rings. The van der Waals surface area contributed by atoms with E-state index in [0.29, 0.717) is 0 Å². The molecule has 1 aliphatic rings. The maximum Gasteiger partial charge on any atom is 0.219 e. The topological polar surface area (TPSA) is 79.8 Å². The maximum atomic E-state index is 11.9. The van der Waals surface area contributed by atoms with Gasteiger partial charge in [0.15, 0.2) is 5.72 Å². The van der Waals surface area contributed by atoms with E-state index in [-0.39, 0.29) is 23.8 Å². The quantitative estimate of drug-likeness (QED) is 0.649. The first-order valence-corrected chi connectivity index (χ1v) is 6.50. The van der Waals surface area contributed by atoms with Gasteiger partial charge >= 0.3 is 0 Å². The van der Waals surface area contributed by atoms with Crippen LogP contribution in [-0.4, -0.2) is 30.2 Å². The normalized spacial score (nSPS) is 23.1. The molecule has 6 heteroatoms. The van der Waals surface area contributed by atoms with Crippen molar-refractivity contribution in [3.05, 3.63) is 42.5 Å². The lowest BCUT2D eigenvalue weighted by molar-refractivity contribution is -0.126. The van der Waals surface area contributed by atoms with Gasteiger partial charge in [0.2, 0.25) is 11.7 Å². The van der Waals surface area contributed by atoms with Crippen molar-refractivity contribution >= 4 is 23.1 Å². The minimum Gasteiger partial charge on any atom is -0.355 e. The molecule has 0 saturated carbocycles. The molecule has 1 aromatic carbocycles. The molecule has 0 bridgehead atoms. The molecule has 1 unspecified atom stereocenters. The Morgan fingerprint density at radius 2 is 2.05 bits per heavy atom. The Labute approximate surface area is 122 Å². The molecule has 110 valence electrons. The van der Waals surface area contributed by atoms with Gasteiger partial charge in [0.05, 0.1) is 5.69 Å². The third-order valence-electron chi connectivity index (χ3n) is 3.06. The summed E-state index contributed by atoms with van der Waals surface area (Å²) < 4.78 is 5.34. The number of benzene rings is 1. The van der Waals surface area contributed by atoms with E-state index >= 15 is 0 Å². The van der Waals surface area contributed by atoms with Gasteiger partial charge in [-0.05, 0) is 24.3 Å². The van der Waals surface area contributed by atoms with Crippen molar-refractivity contribution in [2.75, 3.05) is 12.5 Å². The van der Waals surface area contributed by atoms with Crippen LogP contribution in [0.4, 0.5) is 5.69 Å². The van der Waals surface area contributed by atoms with Gasteiger partial charge in [-0.1, -0.05) is 18.2 Å². The third-order valence-corrected chi connectivity index (χ3v) is 3.06. The number of nitrogens with one attached hydrogen (secondary N) is 2. The van der Waals surface area contributed by atoms with Crippen molar-refractivity contribution in [1.82, 2.24) is 5.32 Å². The highest BCUT2D eigenvalue weighted by atomic mass is 16.5. The standard InChI is InChI=1S/C15H17N3O3/c1-11(19)16-15(21-2)9-8-14(20)13(10-15)18-17-12-6-4-3-5-7-12/h3-9,17H,10H2,1-2H3,(H,16,19)/b18-13-. The predicted molar refractivity (Wildman–Crippen MR) is 79.8 cm³/mol. The number of nitrogens with zero attached hydrogens (tertiary/aromatic N) is 1. The van der Waals surface area contributed by atoms with Gasteiger partial charge in [-0.25, -0.2) is 0 Å². The van der Waals surface area contributed by atoms with Crippen LogP contribution in [0.2, 0.25) is 0 Å². The molecule has 0 saturated heterocycles. The van der Waals surface area contributed by atoms with Crippen LogP contribution in [0.25, 0.3) is 0 Å². The molecule has 0 aliphatic heterocycles. The minimum atomic E-state index is -1.03. The average molecular weight is 287 g/mol. The number of allylic oxidation sites excluding steroid dienone is 1. The number of carbonyl (C=O) groups excluding carboxylic acids is 2. The highest BCUT2D eigenvalue weighted by molar-refractivity contribution is 6.45. The summed E-state index contributed by atoms with van der Waals surface area (Å²) in [6.07, 6.45) is 3.06. The Balaban J connectivity index is 2.18. The highest BCUT2D eigenvalue weighted by Gasteiger charge is 2.35. The van der Waals surface area contributed by atoms with E-state index in [0.717, 1.165) is 5.69 Å². The zero-order valence-corrected chi connectivity index (χ0v) is 11.9. The summed E-state index contributed by atoms with van der Waals surface area (Å²) in [5.74, 6) is -0.456. The molecule has 21 heavy (non-hydrogen) atoms. The number of hydrogen-bond acceptors (Lipinski definition) is 5. The number of methoxy groups -OCH3 is 1. The second kappa shape index (κ2) is 6.32. The molecule has 1 aliphatic carbocycles. The Morgan fingerprint density at radius 3 is 2.67 bits per heavy atom. The fourth-order valence-corrected chi connectivity index (χ4v) is 2.02. The van der Waals surface area contributed by atoms with Crippen molar-refractivity contribution in [2.24, 2.45) is 5.10 Å². The smallest absolute Gasteiger partial charge is 0.219 e. The zero-order valence-electron chi connectivity index (χ0n) is 11.9. The first-order chi connectivity index (χ1) is 10.0. The number of anilines is 1. The summed E-state index contributed by atoms with van der Waals surface area (Å²) in [5.41, 5.74) is 2.86. The largest absolute Gasteiger partial charge is 0.355 e. The van der Waals surface area contributed by atoms with Crippen LogP contribution in [0, 0.1) is 0 Å². The molecular weight excluding hydrogens is 270 g/mol. The molecule has 2 N–H and O–H groups in total. The van der Waals surface area contributed by atoms with Crippen LogP contribution in [0.15, 0.2) is 47.6 Å². The van der Waals surface area contributed by atoms with Crippen molar-refractivity contribution in [1.29, 1.82) is 0 Å². The van der Waals surface area contributed by atoms with Gasteiger partial charge in [0.1, 0.15) is 5.71 Å². The Kier molecular flexibility index (Phi) is 4.49. The third kappa shape index (κ3) is 3.76. The molecule has 0 radical (unpaired) electrons. The molecule has 0 heterocycles. The summed E-state index contributed by atoms with van der Waals surface area (Å²) in [5, 5.41) is 6.80. The summed E-state index contributed by atoms with van der Waals surface area (Å²) in [6.45, 7) is 1.39. The van der Waals surface area contributed by atoms with Crippen molar-refractivity contribution in [3.8, 4) is 0 Å². The first-order valence-electron chi connectivity index (χ1n) is 6.50. The fraction of sp³-hybridized carbons (Fsp3) is 0.267. The second-order valence-electron chi connectivity index (χ2n) is 4.69. The van der Waals surface area contributed by atoms with Gasteiger partial charge in [-0.3, -0.25) is 15.0 Å². The van der Waals surface area contributed by atoms with Crippen LogP contribution in [0.1, 0.15) is 13.3 Å². The second-order valence-corrected chi connectivity index (χ2v) is 4.69. The molecule has 1 aromatic rings. The Bertz CT molecular complexity index is 595. The fourth-order valence-electron chi connectivity index (χ4n) is 2.02. The molecule has 6 nitrogen and oxygen atoms in total. The first kappa shape index (κ1) is 14.9. The maximum absolute atomic E-state index is 11.9. The van der Waals surface area contributed by atoms with E-state index in [1.54, 1.807) is 0 Å². The monoisotopic (exact) mass is 287 g/mol. The van der Waals surface area contributed by atoms with Crippen LogP contribution in [-0.2, 0) is 14.3 Å². The lowest BCUT2D eigenvalue weighted by atomic mass is 9.95. The van der Waals surface area contributed by atoms with E-state index in [9.17, 15) is 9.59 Å². The molecule has 1 amide bonds. The van der Waals surface area contributed by atoms with Crippen LogP contribution in [0.3, 0.4) is 0 Å². The summed E-state index contributed by atoms with van der Waals surface area (Å²) in [7, 11) is 1.47. The van der Waals surface area contributed by atoms with Gasteiger partial charge in [0.25, 0.3) is 0 Å². The number of carbonyl (C=O) groups is 2. The zero-order chi connectivity index (χ0) is 15.3. The summed E-state index contributed by atoms with van der Waals surface area (Å²) in [4.78, 5) is 23.2. The van der Waals surface area contributed by atoms with Gasteiger partial charge in [-0.2, -0.15) is 5.10 Å². The van der Waals surface area contributed by atoms with Crippen LogP contribution >= 0.6 is 0 Å². The molecule has 0 spiro atoms. The minimum absolute atomic E-state index is 0.165. The van der Waals surface area contributed by atoms with Gasteiger partial charge in [0, 0.05) is 20.5 Å². The Morgan fingerprint density at radius 1 is 1.33 bits per heavy atom. The van der Waals surface area contributed by atoms with Crippen LogP contribution in [0.5, 0.6) is 0 Å². The van der Waals surface area contributed by atoms with Crippen molar-refractivity contribution in [3.63, 3.8) is 0 Å².